The number of benzene rings is 1. The Morgan fingerprint density at radius 3 is 2.68 bits per heavy atom. The van der Waals surface area contributed by atoms with Crippen LogP contribution in [0.1, 0.15) is 22.3 Å². The smallest absolute Gasteiger partial charge is 0.341 e. The molecule has 9 heteroatoms. The number of nitrogens with zero attached hydrogens (tertiary/aromatic N) is 2. The maximum Gasteiger partial charge on any atom is 0.341 e. The fourth-order valence-corrected chi connectivity index (χ4v) is 4.34. The van der Waals surface area contributed by atoms with Crippen molar-refractivity contribution in [2.75, 3.05) is 19.8 Å². The fraction of sp³-hybridized carbons (Fsp3) is 0.438. The molecule has 136 valence electrons. The van der Waals surface area contributed by atoms with Gasteiger partial charge in [-0.1, -0.05) is 12.1 Å². The van der Waals surface area contributed by atoms with E-state index < -0.39 is 15.6 Å². The van der Waals surface area contributed by atoms with Gasteiger partial charge in [-0.05, 0) is 24.6 Å². The van der Waals surface area contributed by atoms with Gasteiger partial charge in [-0.3, -0.25) is 4.90 Å². The Morgan fingerprint density at radius 2 is 2.08 bits per heavy atom. The molecule has 1 aromatic heterocycles. The fourth-order valence-electron chi connectivity index (χ4n) is 2.70. The van der Waals surface area contributed by atoms with Gasteiger partial charge in [0.1, 0.15) is 5.01 Å². The molecule has 2 heterocycles. The maximum absolute atomic E-state index is 12.6. The standard InChI is InChI=1S/C16H18F2N2O3S2/c1-11-10-24-15(19-11)14-9-23-7-6-20(14)8-12-2-4-13(5-3-12)25(21,22)16(17)18/h2-5,10,14,16H,6-9H2,1H3. The lowest BCUT2D eigenvalue weighted by Crippen LogP contribution is -2.39. The number of morpholine rings is 1. The molecular formula is C16H18F2N2O3S2. The summed E-state index contributed by atoms with van der Waals surface area (Å²) >= 11 is 1.58. The number of halogens is 2. The lowest BCUT2D eigenvalue weighted by Gasteiger charge is -2.34. The van der Waals surface area contributed by atoms with E-state index in [2.05, 4.69) is 9.88 Å². The average Bonchev–Trinajstić information content (AvgIpc) is 3.02. The molecule has 1 atom stereocenters. The molecule has 0 bridgehead atoms. The van der Waals surface area contributed by atoms with E-state index in [1.165, 1.54) is 12.1 Å². The highest BCUT2D eigenvalue weighted by molar-refractivity contribution is 7.91. The van der Waals surface area contributed by atoms with Crippen molar-refractivity contribution in [2.24, 2.45) is 0 Å². The summed E-state index contributed by atoms with van der Waals surface area (Å²) in [4.78, 5) is 6.37. The molecular weight excluding hydrogens is 370 g/mol. The van der Waals surface area contributed by atoms with Gasteiger partial charge in [0.2, 0.25) is 9.84 Å². The van der Waals surface area contributed by atoms with Crippen LogP contribution >= 0.6 is 11.3 Å². The first-order valence-electron chi connectivity index (χ1n) is 7.73. The zero-order valence-corrected chi connectivity index (χ0v) is 15.2. The highest BCUT2D eigenvalue weighted by Gasteiger charge is 2.28. The first-order chi connectivity index (χ1) is 11.9. The van der Waals surface area contributed by atoms with Crippen molar-refractivity contribution in [3.05, 3.63) is 45.9 Å². The molecule has 1 fully saturated rings. The van der Waals surface area contributed by atoms with Crippen LogP contribution in [0, 0.1) is 6.92 Å². The lowest BCUT2D eigenvalue weighted by molar-refractivity contribution is -0.0128. The highest BCUT2D eigenvalue weighted by Crippen LogP contribution is 2.28. The summed E-state index contributed by atoms with van der Waals surface area (Å²) in [6, 6.07) is 5.67. The molecule has 0 N–H and O–H groups in total. The van der Waals surface area contributed by atoms with Crippen LogP contribution < -0.4 is 0 Å². The van der Waals surface area contributed by atoms with Gasteiger partial charge in [0, 0.05) is 24.2 Å². The molecule has 0 saturated carbocycles. The summed E-state index contributed by atoms with van der Waals surface area (Å²) in [5, 5.41) is 2.97. The van der Waals surface area contributed by atoms with Gasteiger partial charge in [0.25, 0.3) is 0 Å². The maximum atomic E-state index is 12.6. The number of thiazole rings is 1. The summed E-state index contributed by atoms with van der Waals surface area (Å²) < 4.78 is 53.7. The second kappa shape index (κ2) is 7.45. The van der Waals surface area contributed by atoms with Crippen LogP contribution in [-0.2, 0) is 21.1 Å². The molecule has 0 spiro atoms. The number of rotatable bonds is 5. The van der Waals surface area contributed by atoms with Gasteiger partial charge in [0.15, 0.2) is 0 Å². The van der Waals surface area contributed by atoms with Crippen LogP contribution in [0.2, 0.25) is 0 Å². The Hall–Kier alpha value is -1.42. The zero-order valence-electron chi connectivity index (χ0n) is 13.6. The quantitative estimate of drug-likeness (QED) is 0.788. The number of hydrogen-bond donors (Lipinski definition) is 0. The third-order valence-corrected chi connectivity index (χ3v) is 6.50. The average molecular weight is 388 g/mol. The van der Waals surface area contributed by atoms with Crippen molar-refractivity contribution in [2.45, 2.75) is 30.2 Å². The molecule has 0 amide bonds. The predicted octanol–water partition coefficient (Wildman–Crippen LogP) is 3.02. The molecule has 1 aliphatic rings. The first kappa shape index (κ1) is 18.4. The summed E-state index contributed by atoms with van der Waals surface area (Å²) in [6.07, 6.45) is 0. The normalized spacial score (nSPS) is 19.4. The van der Waals surface area contributed by atoms with E-state index >= 15 is 0 Å². The van der Waals surface area contributed by atoms with E-state index in [-0.39, 0.29) is 10.9 Å². The Morgan fingerprint density at radius 1 is 1.36 bits per heavy atom. The third-order valence-electron chi connectivity index (χ3n) is 4.03. The van der Waals surface area contributed by atoms with E-state index in [4.69, 9.17) is 4.74 Å². The van der Waals surface area contributed by atoms with E-state index in [1.807, 2.05) is 12.3 Å². The SMILES string of the molecule is Cc1csc(C2COCCN2Cc2ccc(S(=O)(=O)C(F)F)cc2)n1. The summed E-state index contributed by atoms with van der Waals surface area (Å²) in [5.41, 5.74) is 1.82. The van der Waals surface area contributed by atoms with E-state index in [1.54, 1.807) is 23.5 Å². The molecule has 5 nitrogen and oxygen atoms in total. The van der Waals surface area contributed by atoms with Crippen LogP contribution in [0.4, 0.5) is 8.78 Å². The predicted molar refractivity (Wildman–Crippen MR) is 90.5 cm³/mol. The first-order valence-corrected chi connectivity index (χ1v) is 10.2. The van der Waals surface area contributed by atoms with Crippen molar-refractivity contribution < 1.29 is 21.9 Å². The summed E-state index contributed by atoms with van der Waals surface area (Å²) in [5.74, 6) is -3.41. The zero-order chi connectivity index (χ0) is 18.0. The Bertz CT molecular complexity index is 822. The van der Waals surface area contributed by atoms with Gasteiger partial charge < -0.3 is 4.74 Å². The summed E-state index contributed by atoms with van der Waals surface area (Å²) in [7, 11) is -4.55. The van der Waals surface area contributed by atoms with Gasteiger partial charge in [-0.2, -0.15) is 8.78 Å². The third kappa shape index (κ3) is 4.05. The molecule has 25 heavy (non-hydrogen) atoms. The highest BCUT2D eigenvalue weighted by atomic mass is 32.2. The van der Waals surface area contributed by atoms with Gasteiger partial charge in [0.05, 0.1) is 24.2 Å². The van der Waals surface area contributed by atoms with Crippen LogP contribution in [0.15, 0.2) is 34.5 Å². The van der Waals surface area contributed by atoms with Gasteiger partial charge in [-0.25, -0.2) is 13.4 Å². The molecule has 0 radical (unpaired) electrons. The van der Waals surface area contributed by atoms with Crippen molar-refractivity contribution >= 4 is 21.2 Å². The Kier molecular flexibility index (Phi) is 5.47. The van der Waals surface area contributed by atoms with Gasteiger partial charge >= 0.3 is 5.76 Å². The molecule has 2 aromatic rings. The molecule has 1 aliphatic heterocycles. The molecule has 1 aromatic carbocycles. The van der Waals surface area contributed by atoms with E-state index in [0.717, 1.165) is 22.8 Å². The second-order valence-corrected chi connectivity index (χ2v) is 8.65. The van der Waals surface area contributed by atoms with E-state index in [0.29, 0.717) is 19.8 Å². The number of sulfone groups is 1. The van der Waals surface area contributed by atoms with Crippen molar-refractivity contribution in [1.82, 2.24) is 9.88 Å². The van der Waals surface area contributed by atoms with Crippen LogP contribution in [-0.4, -0.2) is 43.8 Å². The minimum absolute atomic E-state index is 0.0388. The molecule has 1 saturated heterocycles. The topological polar surface area (TPSA) is 59.5 Å². The largest absolute Gasteiger partial charge is 0.378 e. The van der Waals surface area contributed by atoms with Crippen LogP contribution in [0.5, 0.6) is 0 Å². The molecule has 0 aliphatic carbocycles. The van der Waals surface area contributed by atoms with Crippen LogP contribution in [0.3, 0.4) is 0 Å². The number of ether oxygens (including phenoxy) is 1. The molecule has 3 rings (SSSR count). The monoisotopic (exact) mass is 388 g/mol. The minimum atomic E-state index is -4.55. The van der Waals surface area contributed by atoms with Crippen molar-refractivity contribution in [3.63, 3.8) is 0 Å². The van der Waals surface area contributed by atoms with Gasteiger partial charge in [-0.15, -0.1) is 11.3 Å². The van der Waals surface area contributed by atoms with E-state index in [9.17, 15) is 17.2 Å². The number of alkyl halides is 2. The minimum Gasteiger partial charge on any atom is -0.378 e. The lowest BCUT2D eigenvalue weighted by atomic mass is 10.1. The number of aromatic nitrogens is 1. The Balaban J connectivity index is 1.76. The molecule has 1 unspecified atom stereocenters. The number of aryl methyl sites for hydroxylation is 1. The second-order valence-electron chi connectivity index (χ2n) is 5.84. The number of hydrogen-bond acceptors (Lipinski definition) is 6. The Labute approximate surface area is 149 Å². The van der Waals surface area contributed by atoms with Crippen molar-refractivity contribution in [1.29, 1.82) is 0 Å². The summed E-state index contributed by atoms with van der Waals surface area (Å²) in [6.45, 7) is 4.39. The van der Waals surface area contributed by atoms with Crippen molar-refractivity contribution in [3.8, 4) is 0 Å². The van der Waals surface area contributed by atoms with Crippen LogP contribution in [0.25, 0.3) is 0 Å².